The third-order valence-corrected chi connectivity index (χ3v) is 6.66. The topological polar surface area (TPSA) is 65.1 Å². The Labute approximate surface area is 216 Å². The quantitative estimate of drug-likeness (QED) is 0.520. The van der Waals surface area contributed by atoms with Gasteiger partial charge in [-0.25, -0.2) is 0 Å². The molecule has 2 amide bonds. The number of hydrogen-bond donors (Lipinski definition) is 1. The van der Waals surface area contributed by atoms with Crippen LogP contribution < -0.4 is 10.1 Å². The first-order valence-corrected chi connectivity index (χ1v) is 12.9. The van der Waals surface area contributed by atoms with Crippen molar-refractivity contribution in [2.75, 3.05) is 47.3 Å². The predicted octanol–water partition coefficient (Wildman–Crippen LogP) is 3.04. The monoisotopic (exact) mass is 494 g/mol. The van der Waals surface area contributed by atoms with E-state index in [1.807, 2.05) is 78.5 Å². The van der Waals surface area contributed by atoms with Gasteiger partial charge in [0.05, 0.1) is 6.04 Å². The van der Waals surface area contributed by atoms with Crippen LogP contribution >= 0.6 is 0 Å². The van der Waals surface area contributed by atoms with Crippen LogP contribution in [0.4, 0.5) is 0 Å². The Morgan fingerprint density at radius 1 is 0.944 bits per heavy atom. The number of carbonyl (C=O) groups excluding carboxylic acids is 2. The lowest BCUT2D eigenvalue weighted by atomic mass is 10.00. The molecule has 1 fully saturated rings. The molecule has 3 rings (SSSR count). The molecule has 0 spiro atoms. The van der Waals surface area contributed by atoms with Crippen molar-refractivity contribution in [2.45, 2.75) is 45.4 Å². The van der Waals surface area contributed by atoms with Crippen LogP contribution in [0.25, 0.3) is 0 Å². The highest BCUT2D eigenvalue weighted by atomic mass is 16.5. The number of nitrogens with one attached hydrogen (secondary N) is 1. The van der Waals surface area contributed by atoms with Crippen molar-refractivity contribution in [2.24, 2.45) is 5.92 Å². The minimum absolute atomic E-state index is 0.0112. The molecular formula is C29H42N4O3. The van der Waals surface area contributed by atoms with E-state index in [9.17, 15) is 9.59 Å². The van der Waals surface area contributed by atoms with Crippen LogP contribution in [0.2, 0.25) is 0 Å². The van der Waals surface area contributed by atoms with E-state index in [4.69, 9.17) is 4.74 Å². The van der Waals surface area contributed by atoms with E-state index in [0.717, 1.165) is 36.4 Å². The molecule has 1 heterocycles. The number of hydrogen-bond acceptors (Lipinski definition) is 5. The van der Waals surface area contributed by atoms with Crippen molar-refractivity contribution >= 4 is 11.8 Å². The number of rotatable bonds is 11. The van der Waals surface area contributed by atoms with Crippen LogP contribution in [0.1, 0.15) is 31.4 Å². The van der Waals surface area contributed by atoms with Gasteiger partial charge in [-0.05, 0) is 56.7 Å². The van der Waals surface area contributed by atoms with Crippen LogP contribution in [0.15, 0.2) is 54.6 Å². The second-order valence-electron chi connectivity index (χ2n) is 10.4. The second kappa shape index (κ2) is 13.4. The van der Waals surface area contributed by atoms with E-state index >= 15 is 0 Å². The standard InChI is InChI=1S/C29H42N4O3/c1-22(2)19-27(31(3)4)28(34)30-26(29(35)33-17-15-32(5)16-18-33)20-23-11-13-25(14-12-23)36-21-24-9-7-6-8-10-24/h6-14,22,26-27H,15-21H2,1-5H3,(H,30,34)/t26-,27+/m0/s1. The Kier molecular flexibility index (Phi) is 10.3. The predicted molar refractivity (Wildman–Crippen MR) is 144 cm³/mol. The summed E-state index contributed by atoms with van der Waals surface area (Å²) < 4.78 is 5.91. The molecule has 1 aliphatic rings. The molecule has 7 heteroatoms. The Balaban J connectivity index is 1.70. The van der Waals surface area contributed by atoms with Gasteiger partial charge in [0.25, 0.3) is 0 Å². The maximum atomic E-state index is 13.5. The van der Waals surface area contributed by atoms with E-state index in [1.165, 1.54) is 0 Å². The molecule has 0 bridgehead atoms. The molecule has 2 atom stereocenters. The van der Waals surface area contributed by atoms with Gasteiger partial charge in [-0.3, -0.25) is 14.5 Å². The summed E-state index contributed by atoms with van der Waals surface area (Å²) in [6.07, 6.45) is 1.18. The lowest BCUT2D eigenvalue weighted by Gasteiger charge is -2.35. The fraction of sp³-hybridized carbons (Fsp3) is 0.517. The molecule has 0 radical (unpaired) electrons. The number of nitrogens with zero attached hydrogens (tertiary/aromatic N) is 3. The summed E-state index contributed by atoms with van der Waals surface area (Å²) in [4.78, 5) is 32.9. The van der Waals surface area contributed by atoms with Crippen molar-refractivity contribution in [3.8, 4) is 5.75 Å². The van der Waals surface area contributed by atoms with Gasteiger partial charge in [0.2, 0.25) is 11.8 Å². The van der Waals surface area contributed by atoms with Gasteiger partial charge in [0.1, 0.15) is 18.4 Å². The molecule has 1 N–H and O–H groups in total. The summed E-state index contributed by atoms with van der Waals surface area (Å²) in [5, 5.41) is 3.11. The zero-order valence-corrected chi connectivity index (χ0v) is 22.4. The van der Waals surface area contributed by atoms with Crippen LogP contribution in [-0.4, -0.2) is 85.9 Å². The summed E-state index contributed by atoms with van der Waals surface area (Å²) in [7, 11) is 5.90. The third-order valence-electron chi connectivity index (χ3n) is 6.66. The van der Waals surface area contributed by atoms with Crippen molar-refractivity contribution in [1.82, 2.24) is 20.0 Å². The fourth-order valence-electron chi connectivity index (χ4n) is 4.41. The van der Waals surface area contributed by atoms with Crippen LogP contribution in [-0.2, 0) is 22.6 Å². The van der Waals surface area contributed by atoms with Crippen LogP contribution in [0, 0.1) is 5.92 Å². The minimum atomic E-state index is -0.605. The van der Waals surface area contributed by atoms with Gasteiger partial charge in [0.15, 0.2) is 0 Å². The highest BCUT2D eigenvalue weighted by Crippen LogP contribution is 2.17. The number of ether oxygens (including phenoxy) is 1. The Morgan fingerprint density at radius 3 is 2.17 bits per heavy atom. The normalized spacial score (nSPS) is 16.1. The maximum Gasteiger partial charge on any atom is 0.245 e. The van der Waals surface area contributed by atoms with Crippen LogP contribution in [0.3, 0.4) is 0 Å². The van der Waals surface area contributed by atoms with Gasteiger partial charge in [0, 0.05) is 32.6 Å². The molecule has 7 nitrogen and oxygen atoms in total. The first kappa shape index (κ1) is 27.7. The smallest absolute Gasteiger partial charge is 0.245 e. The first-order chi connectivity index (χ1) is 17.2. The Bertz CT molecular complexity index is 954. The molecule has 0 aromatic heterocycles. The zero-order valence-electron chi connectivity index (χ0n) is 22.4. The summed E-state index contributed by atoms with van der Waals surface area (Å²) in [5.74, 6) is 1.04. The van der Waals surface area contributed by atoms with Crippen molar-refractivity contribution in [3.63, 3.8) is 0 Å². The van der Waals surface area contributed by atoms with Crippen molar-refractivity contribution in [1.29, 1.82) is 0 Å². The van der Waals surface area contributed by atoms with Gasteiger partial charge < -0.3 is 19.9 Å². The van der Waals surface area contributed by atoms with E-state index < -0.39 is 6.04 Å². The summed E-state index contributed by atoms with van der Waals surface area (Å²) in [6.45, 7) is 7.76. The highest BCUT2D eigenvalue weighted by molar-refractivity contribution is 5.90. The van der Waals surface area contributed by atoms with Gasteiger partial charge in [-0.15, -0.1) is 0 Å². The number of likely N-dealkylation sites (N-methyl/N-ethyl adjacent to an activating group) is 2. The number of amides is 2. The average molecular weight is 495 g/mol. The molecule has 0 saturated carbocycles. The second-order valence-corrected chi connectivity index (χ2v) is 10.4. The average Bonchev–Trinajstić information content (AvgIpc) is 2.86. The van der Waals surface area contributed by atoms with Gasteiger partial charge in [-0.2, -0.15) is 0 Å². The van der Waals surface area contributed by atoms with Crippen LogP contribution in [0.5, 0.6) is 5.75 Å². The largest absolute Gasteiger partial charge is 0.489 e. The van der Waals surface area contributed by atoms with E-state index in [1.54, 1.807) is 0 Å². The van der Waals surface area contributed by atoms with E-state index in [0.29, 0.717) is 32.0 Å². The summed E-state index contributed by atoms with van der Waals surface area (Å²) in [5.41, 5.74) is 2.10. The molecule has 2 aromatic carbocycles. The van der Waals surface area contributed by atoms with Crippen molar-refractivity contribution < 1.29 is 14.3 Å². The molecule has 2 aromatic rings. The molecule has 36 heavy (non-hydrogen) atoms. The molecule has 0 unspecified atom stereocenters. The molecular weight excluding hydrogens is 452 g/mol. The number of benzene rings is 2. The molecule has 196 valence electrons. The molecule has 1 aliphatic heterocycles. The van der Waals surface area contributed by atoms with Gasteiger partial charge >= 0.3 is 0 Å². The third kappa shape index (κ3) is 8.35. The Morgan fingerprint density at radius 2 is 1.58 bits per heavy atom. The van der Waals surface area contributed by atoms with Gasteiger partial charge in [-0.1, -0.05) is 56.3 Å². The first-order valence-electron chi connectivity index (χ1n) is 12.9. The zero-order chi connectivity index (χ0) is 26.1. The maximum absolute atomic E-state index is 13.5. The summed E-state index contributed by atoms with van der Waals surface area (Å²) in [6, 6.07) is 17.0. The lowest BCUT2D eigenvalue weighted by molar-refractivity contribution is -0.139. The Hall–Kier alpha value is -2.90. The van der Waals surface area contributed by atoms with Crippen molar-refractivity contribution in [3.05, 3.63) is 65.7 Å². The lowest BCUT2D eigenvalue weighted by Crippen LogP contribution is -2.57. The highest BCUT2D eigenvalue weighted by Gasteiger charge is 2.31. The van der Waals surface area contributed by atoms with E-state index in [2.05, 4.69) is 31.1 Å². The number of carbonyl (C=O) groups is 2. The SMILES string of the molecule is CC(C)C[C@H](C(=O)N[C@@H](Cc1ccc(OCc2ccccc2)cc1)C(=O)N1CCN(C)CC1)N(C)C. The van der Waals surface area contributed by atoms with E-state index in [-0.39, 0.29) is 17.9 Å². The number of piperazine rings is 1. The summed E-state index contributed by atoms with van der Waals surface area (Å²) >= 11 is 0. The minimum Gasteiger partial charge on any atom is -0.489 e. The molecule has 1 saturated heterocycles. The molecule has 0 aliphatic carbocycles. The fourth-order valence-corrected chi connectivity index (χ4v) is 4.41.